The quantitative estimate of drug-likeness (QED) is 0.869. The number of anilines is 1. The zero-order valence-electron chi connectivity index (χ0n) is 11.3. The lowest BCUT2D eigenvalue weighted by atomic mass is 10.1. The first-order chi connectivity index (χ1) is 8.74. The molecule has 1 atom stereocenters. The summed E-state index contributed by atoms with van der Waals surface area (Å²) >= 11 is 0. The van der Waals surface area contributed by atoms with E-state index in [0.29, 0.717) is 6.04 Å². The van der Waals surface area contributed by atoms with E-state index in [4.69, 9.17) is 0 Å². The lowest BCUT2D eigenvalue weighted by Gasteiger charge is -2.28. The van der Waals surface area contributed by atoms with Crippen LogP contribution in [0.25, 0.3) is 0 Å². The Bertz CT molecular complexity index is 417. The van der Waals surface area contributed by atoms with Gasteiger partial charge in [0.05, 0.1) is 5.56 Å². The van der Waals surface area contributed by atoms with E-state index in [9.17, 15) is 4.79 Å². The van der Waals surface area contributed by atoms with Gasteiger partial charge in [0.15, 0.2) is 0 Å². The van der Waals surface area contributed by atoms with E-state index < -0.39 is 0 Å². The number of hydrogen-bond donors (Lipinski definition) is 1. The van der Waals surface area contributed by atoms with Crippen LogP contribution in [0.1, 0.15) is 43.0 Å². The van der Waals surface area contributed by atoms with Crippen LogP contribution in [0.2, 0.25) is 0 Å². The predicted octanol–water partition coefficient (Wildman–Crippen LogP) is 3.13. The van der Waals surface area contributed by atoms with Crippen molar-refractivity contribution in [2.45, 2.75) is 38.6 Å². The number of carbonyl (C=O) groups is 1. The Morgan fingerprint density at radius 3 is 2.83 bits per heavy atom. The highest BCUT2D eigenvalue weighted by atomic mass is 16.2. The molecule has 3 nitrogen and oxygen atoms in total. The third-order valence-electron chi connectivity index (χ3n) is 3.74. The van der Waals surface area contributed by atoms with Crippen molar-refractivity contribution in [2.75, 3.05) is 18.9 Å². The minimum Gasteiger partial charge on any atom is -0.387 e. The molecule has 98 valence electrons. The van der Waals surface area contributed by atoms with Crippen LogP contribution in [-0.4, -0.2) is 30.4 Å². The second kappa shape index (κ2) is 5.89. The number of likely N-dealkylation sites (tertiary alicyclic amines) is 1. The molecule has 1 aliphatic heterocycles. The molecule has 1 unspecified atom stereocenters. The monoisotopic (exact) mass is 246 g/mol. The molecule has 0 aliphatic carbocycles. The van der Waals surface area contributed by atoms with E-state index in [1.54, 1.807) is 0 Å². The van der Waals surface area contributed by atoms with Crippen molar-refractivity contribution in [1.82, 2.24) is 4.90 Å². The lowest BCUT2D eigenvalue weighted by Crippen LogP contribution is -2.38. The highest BCUT2D eigenvalue weighted by Crippen LogP contribution is 2.22. The van der Waals surface area contributed by atoms with Crippen molar-refractivity contribution in [3.05, 3.63) is 29.8 Å². The van der Waals surface area contributed by atoms with E-state index in [1.807, 2.05) is 36.2 Å². The van der Waals surface area contributed by atoms with Gasteiger partial charge < -0.3 is 10.2 Å². The van der Waals surface area contributed by atoms with Crippen molar-refractivity contribution < 1.29 is 4.79 Å². The Labute approximate surface area is 109 Å². The summed E-state index contributed by atoms with van der Waals surface area (Å²) in [4.78, 5) is 14.7. The molecule has 0 spiro atoms. The second-order valence-corrected chi connectivity index (χ2v) is 4.99. The maximum absolute atomic E-state index is 12.6. The molecule has 0 radical (unpaired) electrons. The van der Waals surface area contributed by atoms with Crippen LogP contribution < -0.4 is 5.32 Å². The number of para-hydroxylation sites is 1. The normalized spacial score (nSPS) is 20.3. The molecular formula is C15H22N2O. The van der Waals surface area contributed by atoms with Crippen LogP contribution in [0.15, 0.2) is 24.3 Å². The zero-order valence-corrected chi connectivity index (χ0v) is 11.3. The average molecular weight is 246 g/mol. The van der Waals surface area contributed by atoms with Gasteiger partial charge in [0.25, 0.3) is 5.91 Å². The number of amides is 1. The largest absolute Gasteiger partial charge is 0.387 e. The maximum Gasteiger partial charge on any atom is 0.256 e. The van der Waals surface area contributed by atoms with Crippen molar-refractivity contribution in [3.63, 3.8) is 0 Å². The van der Waals surface area contributed by atoms with E-state index in [-0.39, 0.29) is 5.91 Å². The number of carbonyl (C=O) groups excluding carboxylic acids is 1. The SMILES string of the molecule is CNc1ccccc1C(=O)N1CCCCCC1C. The molecule has 2 rings (SSSR count). The van der Waals surface area contributed by atoms with Crippen LogP contribution in [0, 0.1) is 0 Å². The van der Waals surface area contributed by atoms with E-state index in [2.05, 4.69) is 12.2 Å². The van der Waals surface area contributed by atoms with Crippen LogP contribution >= 0.6 is 0 Å². The molecule has 0 saturated carbocycles. The first-order valence-electron chi connectivity index (χ1n) is 6.82. The molecule has 0 bridgehead atoms. The van der Waals surface area contributed by atoms with Crippen LogP contribution in [0.5, 0.6) is 0 Å². The number of rotatable bonds is 2. The second-order valence-electron chi connectivity index (χ2n) is 4.99. The molecule has 1 amide bonds. The Morgan fingerprint density at radius 1 is 1.28 bits per heavy atom. The molecule has 1 fully saturated rings. The summed E-state index contributed by atoms with van der Waals surface area (Å²) in [6.07, 6.45) is 4.71. The summed E-state index contributed by atoms with van der Waals surface area (Å²) in [6, 6.07) is 8.09. The topological polar surface area (TPSA) is 32.3 Å². The summed E-state index contributed by atoms with van der Waals surface area (Å²) in [5.41, 5.74) is 1.70. The maximum atomic E-state index is 12.6. The third-order valence-corrected chi connectivity index (χ3v) is 3.74. The fourth-order valence-electron chi connectivity index (χ4n) is 2.62. The van der Waals surface area contributed by atoms with Crippen LogP contribution in [-0.2, 0) is 0 Å². The minimum atomic E-state index is 0.161. The first kappa shape index (κ1) is 12.9. The number of benzene rings is 1. The molecule has 1 aromatic rings. The Morgan fingerprint density at radius 2 is 2.06 bits per heavy atom. The Kier molecular flexibility index (Phi) is 4.24. The standard InChI is InChI=1S/C15H22N2O/c1-12-8-4-3-7-11-17(12)15(18)13-9-5-6-10-14(13)16-2/h5-6,9-10,12,16H,3-4,7-8,11H2,1-2H3. The highest BCUT2D eigenvalue weighted by molar-refractivity contribution is 5.99. The summed E-state index contributed by atoms with van der Waals surface area (Å²) < 4.78 is 0. The average Bonchev–Trinajstić information content (AvgIpc) is 2.62. The molecule has 1 saturated heterocycles. The molecule has 1 N–H and O–H groups in total. The highest BCUT2D eigenvalue weighted by Gasteiger charge is 2.24. The fraction of sp³-hybridized carbons (Fsp3) is 0.533. The van der Waals surface area contributed by atoms with E-state index in [0.717, 1.165) is 30.6 Å². The van der Waals surface area contributed by atoms with Gasteiger partial charge in [-0.3, -0.25) is 4.79 Å². The van der Waals surface area contributed by atoms with Gasteiger partial charge in [0.1, 0.15) is 0 Å². The summed E-state index contributed by atoms with van der Waals surface area (Å²) in [5.74, 6) is 0.161. The number of hydrogen-bond acceptors (Lipinski definition) is 2. The van der Waals surface area contributed by atoms with Crippen molar-refractivity contribution in [3.8, 4) is 0 Å². The third kappa shape index (κ3) is 2.66. The Hall–Kier alpha value is -1.51. The van der Waals surface area contributed by atoms with Gasteiger partial charge >= 0.3 is 0 Å². The van der Waals surface area contributed by atoms with E-state index in [1.165, 1.54) is 12.8 Å². The van der Waals surface area contributed by atoms with Crippen LogP contribution in [0.3, 0.4) is 0 Å². The van der Waals surface area contributed by atoms with Crippen LogP contribution in [0.4, 0.5) is 5.69 Å². The van der Waals surface area contributed by atoms with E-state index >= 15 is 0 Å². The molecule has 1 aliphatic rings. The van der Waals surface area contributed by atoms with Gasteiger partial charge in [0, 0.05) is 25.3 Å². The van der Waals surface area contributed by atoms with Crippen molar-refractivity contribution in [1.29, 1.82) is 0 Å². The van der Waals surface area contributed by atoms with Crippen molar-refractivity contribution in [2.24, 2.45) is 0 Å². The number of nitrogens with zero attached hydrogens (tertiary/aromatic N) is 1. The van der Waals surface area contributed by atoms with Gasteiger partial charge in [-0.15, -0.1) is 0 Å². The van der Waals surface area contributed by atoms with Gasteiger partial charge in [-0.1, -0.05) is 25.0 Å². The molecule has 3 heteroatoms. The van der Waals surface area contributed by atoms with Gasteiger partial charge in [-0.05, 0) is 31.9 Å². The summed E-state index contributed by atoms with van der Waals surface area (Å²) in [7, 11) is 1.86. The molecular weight excluding hydrogens is 224 g/mol. The van der Waals surface area contributed by atoms with Gasteiger partial charge in [-0.25, -0.2) is 0 Å². The molecule has 1 aromatic carbocycles. The first-order valence-corrected chi connectivity index (χ1v) is 6.82. The summed E-state index contributed by atoms with van der Waals surface area (Å²) in [6.45, 7) is 3.04. The zero-order chi connectivity index (χ0) is 13.0. The van der Waals surface area contributed by atoms with Gasteiger partial charge in [-0.2, -0.15) is 0 Å². The molecule has 1 heterocycles. The smallest absolute Gasteiger partial charge is 0.256 e. The predicted molar refractivity (Wildman–Crippen MR) is 75.0 cm³/mol. The van der Waals surface area contributed by atoms with Crippen molar-refractivity contribution >= 4 is 11.6 Å². The molecule has 0 aromatic heterocycles. The minimum absolute atomic E-state index is 0.161. The van der Waals surface area contributed by atoms with Gasteiger partial charge in [0.2, 0.25) is 0 Å². The lowest BCUT2D eigenvalue weighted by molar-refractivity contribution is 0.0699. The fourth-order valence-corrected chi connectivity index (χ4v) is 2.62. The Balaban J connectivity index is 2.23. The molecule has 18 heavy (non-hydrogen) atoms. The summed E-state index contributed by atoms with van der Waals surface area (Å²) in [5, 5.41) is 3.10. The number of nitrogens with one attached hydrogen (secondary N) is 1.